The lowest BCUT2D eigenvalue weighted by molar-refractivity contribution is 0.0697. The van der Waals surface area contributed by atoms with Crippen molar-refractivity contribution in [3.63, 3.8) is 0 Å². The second kappa shape index (κ2) is 10.9. The smallest absolute Gasteiger partial charge is 0.335 e. The van der Waals surface area contributed by atoms with Crippen molar-refractivity contribution in [2.75, 3.05) is 23.4 Å². The maximum atomic E-state index is 13.4. The van der Waals surface area contributed by atoms with Gasteiger partial charge < -0.3 is 14.9 Å². The normalized spacial score (nSPS) is 12.7. The first-order chi connectivity index (χ1) is 18.3. The van der Waals surface area contributed by atoms with Gasteiger partial charge in [0.15, 0.2) is 0 Å². The maximum absolute atomic E-state index is 13.4. The van der Waals surface area contributed by atoms with Crippen molar-refractivity contribution in [1.82, 2.24) is 4.98 Å². The van der Waals surface area contributed by atoms with Crippen LogP contribution >= 0.6 is 23.2 Å². The molecule has 6 nitrogen and oxygen atoms in total. The van der Waals surface area contributed by atoms with Gasteiger partial charge in [-0.25, -0.2) is 4.79 Å². The molecule has 3 aromatic carbocycles. The summed E-state index contributed by atoms with van der Waals surface area (Å²) in [5.41, 5.74) is 3.74. The quantitative estimate of drug-likeness (QED) is 0.218. The van der Waals surface area contributed by atoms with E-state index in [2.05, 4.69) is 9.88 Å². The highest BCUT2D eigenvalue weighted by atomic mass is 35.5. The molecule has 38 heavy (non-hydrogen) atoms. The second-order valence-electron chi connectivity index (χ2n) is 9.37. The third-order valence-corrected chi connectivity index (χ3v) is 7.10. The van der Waals surface area contributed by atoms with Gasteiger partial charge in [-0.05, 0) is 97.6 Å². The van der Waals surface area contributed by atoms with Gasteiger partial charge in [0.25, 0.3) is 0 Å². The van der Waals surface area contributed by atoms with Gasteiger partial charge in [-0.3, -0.25) is 9.78 Å². The number of aromatic nitrogens is 1. The number of carbonyl (C=O) groups is 2. The van der Waals surface area contributed by atoms with Gasteiger partial charge in [0, 0.05) is 46.3 Å². The number of benzene rings is 3. The van der Waals surface area contributed by atoms with E-state index in [1.54, 1.807) is 42.4 Å². The topological polar surface area (TPSA) is 73.7 Å². The van der Waals surface area contributed by atoms with Crippen molar-refractivity contribution >= 4 is 57.7 Å². The number of pyridine rings is 1. The third kappa shape index (κ3) is 5.82. The van der Waals surface area contributed by atoms with E-state index in [0.717, 1.165) is 23.6 Å². The van der Waals surface area contributed by atoms with Gasteiger partial charge in [0.05, 0.1) is 17.4 Å². The van der Waals surface area contributed by atoms with E-state index in [1.165, 1.54) is 25.0 Å². The highest BCUT2D eigenvalue weighted by molar-refractivity contribution is 6.31. The monoisotopic (exact) mass is 545 g/mol. The Hall–Kier alpha value is -3.87. The number of halogens is 2. The standard InChI is InChI=1S/C30H25Cl2N3O3/c1-34(24-8-4-22(31)5-9-24)27-15-20(14-21(16-27)30(37)38)29(36)28-13-12-26(17-33-28)35(18-19-2-3-19)25-10-6-23(32)7-11-25/h4-17,19H,2-3,18H2,1H3,(H,37,38). The van der Waals surface area contributed by atoms with Crippen molar-refractivity contribution in [2.45, 2.75) is 12.8 Å². The summed E-state index contributed by atoms with van der Waals surface area (Å²) in [7, 11) is 1.80. The van der Waals surface area contributed by atoms with Crippen molar-refractivity contribution in [1.29, 1.82) is 0 Å². The van der Waals surface area contributed by atoms with Gasteiger partial charge in [-0.2, -0.15) is 0 Å². The molecule has 4 aromatic rings. The number of hydrogen-bond acceptors (Lipinski definition) is 5. The number of anilines is 4. The molecule has 8 heteroatoms. The number of rotatable bonds is 9. The summed E-state index contributed by atoms with van der Waals surface area (Å²) in [6.45, 7) is 0.859. The number of ketones is 1. The molecule has 0 unspecified atom stereocenters. The summed E-state index contributed by atoms with van der Waals surface area (Å²) in [6, 6.07) is 23.0. The molecule has 1 heterocycles. The van der Waals surface area contributed by atoms with E-state index >= 15 is 0 Å². The molecule has 1 aliphatic carbocycles. The van der Waals surface area contributed by atoms with Gasteiger partial charge in [-0.15, -0.1) is 0 Å². The van der Waals surface area contributed by atoms with Gasteiger partial charge in [-0.1, -0.05) is 23.2 Å². The number of hydrogen-bond donors (Lipinski definition) is 1. The molecule has 1 saturated carbocycles. The van der Waals surface area contributed by atoms with E-state index in [9.17, 15) is 14.7 Å². The molecule has 1 aliphatic rings. The number of nitrogens with zero attached hydrogens (tertiary/aromatic N) is 3. The van der Waals surface area contributed by atoms with Crippen LogP contribution in [0, 0.1) is 5.92 Å². The third-order valence-electron chi connectivity index (χ3n) is 6.60. The Morgan fingerprint density at radius 1 is 0.816 bits per heavy atom. The lowest BCUT2D eigenvalue weighted by Gasteiger charge is -2.25. The predicted octanol–water partition coefficient (Wildman–Crippen LogP) is 7.63. The first kappa shape index (κ1) is 25.8. The fraction of sp³-hybridized carbons (Fsp3) is 0.167. The van der Waals surface area contributed by atoms with Crippen molar-refractivity contribution in [3.8, 4) is 0 Å². The van der Waals surface area contributed by atoms with Crippen LogP contribution in [0.3, 0.4) is 0 Å². The number of carboxylic acid groups (broad SMARTS) is 1. The number of carbonyl (C=O) groups excluding carboxylic acids is 1. The fourth-order valence-electron chi connectivity index (χ4n) is 4.24. The summed E-state index contributed by atoms with van der Waals surface area (Å²) in [5.74, 6) is -0.847. The minimum absolute atomic E-state index is 0.0154. The van der Waals surface area contributed by atoms with Crippen LogP contribution in [0.2, 0.25) is 10.0 Å². The molecule has 0 atom stereocenters. The zero-order valence-corrected chi connectivity index (χ0v) is 22.2. The van der Waals surface area contributed by atoms with Gasteiger partial charge >= 0.3 is 5.97 Å². The van der Waals surface area contributed by atoms with E-state index < -0.39 is 5.97 Å². The van der Waals surface area contributed by atoms with E-state index in [-0.39, 0.29) is 22.6 Å². The zero-order chi connectivity index (χ0) is 26.8. The first-order valence-electron chi connectivity index (χ1n) is 12.2. The predicted molar refractivity (Wildman–Crippen MR) is 152 cm³/mol. The summed E-state index contributed by atoms with van der Waals surface area (Å²) >= 11 is 12.1. The largest absolute Gasteiger partial charge is 0.478 e. The molecule has 1 aromatic heterocycles. The van der Waals surface area contributed by atoms with Crippen LogP contribution in [0.4, 0.5) is 22.7 Å². The molecule has 0 amide bonds. The van der Waals surface area contributed by atoms with Crippen LogP contribution in [0.25, 0.3) is 0 Å². The van der Waals surface area contributed by atoms with Crippen LogP contribution in [-0.2, 0) is 0 Å². The van der Waals surface area contributed by atoms with Crippen molar-refractivity contribution in [2.24, 2.45) is 5.92 Å². The second-order valence-corrected chi connectivity index (χ2v) is 10.2. The fourth-order valence-corrected chi connectivity index (χ4v) is 4.49. The van der Waals surface area contributed by atoms with E-state index in [1.807, 2.05) is 42.5 Å². The zero-order valence-electron chi connectivity index (χ0n) is 20.6. The minimum Gasteiger partial charge on any atom is -0.478 e. The van der Waals surface area contributed by atoms with Gasteiger partial charge in [0.1, 0.15) is 5.69 Å². The lowest BCUT2D eigenvalue weighted by Crippen LogP contribution is -2.20. The van der Waals surface area contributed by atoms with Crippen LogP contribution in [-0.4, -0.2) is 35.4 Å². The van der Waals surface area contributed by atoms with Crippen LogP contribution in [0.15, 0.2) is 85.1 Å². The number of aromatic carboxylic acids is 1. The lowest BCUT2D eigenvalue weighted by atomic mass is 10.0. The molecule has 0 spiro atoms. The summed E-state index contributed by atoms with van der Waals surface area (Å²) in [6.07, 6.45) is 4.08. The Balaban J connectivity index is 1.44. The molecule has 192 valence electrons. The Morgan fingerprint density at radius 3 is 1.95 bits per heavy atom. The summed E-state index contributed by atoms with van der Waals surface area (Å²) < 4.78 is 0. The molecule has 0 bridgehead atoms. The SMILES string of the molecule is CN(c1ccc(Cl)cc1)c1cc(C(=O)O)cc(C(=O)c2ccc(N(CC3CC3)c3ccc(Cl)cc3)cn2)c1. The Labute approximate surface area is 231 Å². The average molecular weight is 546 g/mol. The average Bonchev–Trinajstić information content (AvgIpc) is 3.76. The van der Waals surface area contributed by atoms with E-state index in [4.69, 9.17) is 23.2 Å². The Bertz CT molecular complexity index is 1470. The highest BCUT2D eigenvalue weighted by Crippen LogP contribution is 2.35. The molecule has 5 rings (SSSR count). The minimum atomic E-state index is -1.12. The molecule has 0 aliphatic heterocycles. The summed E-state index contributed by atoms with van der Waals surface area (Å²) in [5, 5.41) is 11.0. The molecule has 0 saturated heterocycles. The van der Waals surface area contributed by atoms with Crippen LogP contribution in [0.1, 0.15) is 39.3 Å². The molecular formula is C30H25Cl2N3O3. The van der Waals surface area contributed by atoms with Crippen LogP contribution < -0.4 is 9.80 Å². The summed E-state index contributed by atoms with van der Waals surface area (Å²) in [4.78, 5) is 33.7. The molecular weight excluding hydrogens is 521 g/mol. The van der Waals surface area contributed by atoms with E-state index in [0.29, 0.717) is 21.7 Å². The highest BCUT2D eigenvalue weighted by Gasteiger charge is 2.26. The molecule has 1 N–H and O–H groups in total. The number of carboxylic acids is 1. The maximum Gasteiger partial charge on any atom is 0.335 e. The Morgan fingerprint density at radius 2 is 1.39 bits per heavy atom. The van der Waals surface area contributed by atoms with Gasteiger partial charge in [0.2, 0.25) is 5.78 Å². The van der Waals surface area contributed by atoms with Crippen molar-refractivity contribution < 1.29 is 14.7 Å². The van der Waals surface area contributed by atoms with Crippen molar-refractivity contribution in [3.05, 3.63) is 112 Å². The Kier molecular flexibility index (Phi) is 7.36. The molecule has 0 radical (unpaired) electrons. The first-order valence-corrected chi connectivity index (χ1v) is 13.0. The molecule has 1 fully saturated rings. The van der Waals surface area contributed by atoms with Crippen LogP contribution in [0.5, 0.6) is 0 Å².